The molecule has 3 aromatic rings. The number of amidine groups is 1. The van der Waals surface area contributed by atoms with Gasteiger partial charge in [0.1, 0.15) is 24.5 Å². The number of benzene rings is 2. The second kappa shape index (κ2) is 27.4. The first-order valence-corrected chi connectivity index (χ1v) is 27.6. The summed E-state index contributed by atoms with van der Waals surface area (Å²) in [5, 5.41) is 13.9. The van der Waals surface area contributed by atoms with Gasteiger partial charge in [0.15, 0.2) is 0 Å². The Morgan fingerprint density at radius 2 is 1.57 bits per heavy atom. The molecule has 4 heterocycles. The van der Waals surface area contributed by atoms with Crippen molar-refractivity contribution in [3.05, 3.63) is 100 Å². The number of unbranched alkanes of at least 4 members (excludes halogenated alkanes) is 2. The Balaban J connectivity index is 0.895. The number of pyridine rings is 1. The predicted octanol–water partition coefficient (Wildman–Crippen LogP) is 5.37. The van der Waals surface area contributed by atoms with Gasteiger partial charge in [-0.2, -0.15) is 0 Å². The number of rotatable bonds is 26. The Morgan fingerprint density at radius 3 is 2.25 bits per heavy atom. The molecule has 0 radical (unpaired) electrons. The van der Waals surface area contributed by atoms with Crippen molar-refractivity contribution in [1.82, 2.24) is 35.6 Å². The summed E-state index contributed by atoms with van der Waals surface area (Å²) in [6.45, 7) is 9.86. The van der Waals surface area contributed by atoms with Crippen LogP contribution >= 0.6 is 0 Å². The molecular weight excluding hydrogens is 1020 g/mol. The van der Waals surface area contributed by atoms with E-state index in [0.29, 0.717) is 98.6 Å². The Morgan fingerprint density at radius 1 is 0.850 bits per heavy atom. The summed E-state index contributed by atoms with van der Waals surface area (Å²) >= 11 is 0. The number of urea groups is 1. The van der Waals surface area contributed by atoms with E-state index in [-0.39, 0.29) is 81.0 Å². The SMILES string of the molecule is CCCN(CCC)C(=O)C1=Cc2ccc(C3(C(=O)Nc4cnc5c(c4)CN(C(=O)OCc4ccc(NC(=O)[C@H](CCCNC(N)=O)NC(=O)[C@@H](NC(=O)CCCCCN6C(=O)C=CC6=O)C(C)C)cc4)CC5)CC3)cc2N=C(N)C1. The van der Waals surface area contributed by atoms with E-state index in [4.69, 9.17) is 16.2 Å². The third-order valence-corrected chi connectivity index (χ3v) is 14.5. The van der Waals surface area contributed by atoms with Crippen molar-refractivity contribution < 1.29 is 47.9 Å². The number of primary amides is 1. The maximum Gasteiger partial charge on any atom is 0.410 e. The fourth-order valence-corrected chi connectivity index (χ4v) is 9.92. The van der Waals surface area contributed by atoms with Gasteiger partial charge in [-0.25, -0.2) is 14.6 Å². The monoisotopic (exact) mass is 1100 g/mol. The fraction of sp³-hybridized carbons (Fsp3) is 0.466. The number of carbonyl (C=O) groups excluding carboxylic acids is 9. The highest BCUT2D eigenvalue weighted by Crippen LogP contribution is 2.50. The highest BCUT2D eigenvalue weighted by Gasteiger charge is 2.51. The van der Waals surface area contributed by atoms with Gasteiger partial charge in [-0.05, 0) is 104 Å². The fourth-order valence-electron chi connectivity index (χ4n) is 9.92. The largest absolute Gasteiger partial charge is 0.445 e. The summed E-state index contributed by atoms with van der Waals surface area (Å²) < 4.78 is 5.71. The van der Waals surface area contributed by atoms with Crippen molar-refractivity contribution in [2.45, 2.75) is 135 Å². The number of amides is 10. The molecule has 0 bridgehead atoms. The number of anilines is 2. The molecule has 22 heteroatoms. The van der Waals surface area contributed by atoms with Crippen LogP contribution in [0.4, 0.5) is 26.7 Å². The Kier molecular flexibility index (Phi) is 20.3. The van der Waals surface area contributed by atoms with E-state index in [1.54, 1.807) is 49.2 Å². The summed E-state index contributed by atoms with van der Waals surface area (Å²) in [5.74, 6) is -2.43. The summed E-state index contributed by atoms with van der Waals surface area (Å²) in [7, 11) is 0. The summed E-state index contributed by atoms with van der Waals surface area (Å²) in [6.07, 6.45) is 11.2. The van der Waals surface area contributed by atoms with Gasteiger partial charge >= 0.3 is 12.1 Å². The number of nitrogens with two attached hydrogens (primary N) is 2. The lowest BCUT2D eigenvalue weighted by atomic mass is 9.92. The van der Waals surface area contributed by atoms with E-state index in [2.05, 4.69) is 36.6 Å². The number of aliphatic imine (C=N–C) groups is 1. The van der Waals surface area contributed by atoms with Crippen molar-refractivity contribution in [3.63, 3.8) is 0 Å². The molecule has 80 heavy (non-hydrogen) atoms. The molecule has 22 nitrogen and oxygen atoms in total. The zero-order valence-electron chi connectivity index (χ0n) is 46.1. The molecule has 9 N–H and O–H groups in total. The molecule has 7 rings (SSSR count). The number of aromatic nitrogens is 1. The van der Waals surface area contributed by atoms with E-state index < -0.39 is 41.4 Å². The number of nitrogens with one attached hydrogen (secondary N) is 5. The first-order valence-electron chi connectivity index (χ1n) is 27.6. The lowest BCUT2D eigenvalue weighted by Crippen LogP contribution is -2.54. The second-order valence-corrected chi connectivity index (χ2v) is 21.0. The topological polar surface area (TPSA) is 310 Å². The minimum Gasteiger partial charge on any atom is -0.445 e. The summed E-state index contributed by atoms with van der Waals surface area (Å²) in [6, 6.07) is 11.4. The average molecular weight is 1100 g/mol. The highest BCUT2D eigenvalue weighted by atomic mass is 16.6. The van der Waals surface area contributed by atoms with Crippen LogP contribution in [0.25, 0.3) is 6.08 Å². The first-order chi connectivity index (χ1) is 38.4. The zero-order valence-corrected chi connectivity index (χ0v) is 46.1. The molecule has 1 aromatic heterocycles. The third-order valence-electron chi connectivity index (χ3n) is 14.5. The van der Waals surface area contributed by atoms with Crippen LogP contribution in [0.15, 0.2) is 77.4 Å². The molecule has 426 valence electrons. The second-order valence-electron chi connectivity index (χ2n) is 21.0. The van der Waals surface area contributed by atoms with Gasteiger partial charge in [-0.15, -0.1) is 0 Å². The van der Waals surface area contributed by atoms with E-state index >= 15 is 0 Å². The number of nitrogens with zero attached hydrogens (tertiary/aromatic N) is 5. The Hall–Kier alpha value is -8.43. The van der Waals surface area contributed by atoms with Crippen LogP contribution < -0.4 is 38.1 Å². The molecular formula is C58H74N12O10. The van der Waals surface area contributed by atoms with Crippen molar-refractivity contribution in [3.8, 4) is 0 Å². The molecule has 0 unspecified atom stereocenters. The minimum absolute atomic E-state index is 0.0458. The van der Waals surface area contributed by atoms with E-state index in [1.807, 2.05) is 49.1 Å². The quantitative estimate of drug-likeness (QED) is 0.0394. The number of fused-ring (bicyclic) bond motifs is 2. The van der Waals surface area contributed by atoms with Gasteiger partial charge in [0.05, 0.1) is 29.5 Å². The van der Waals surface area contributed by atoms with Crippen LogP contribution in [0.1, 0.15) is 126 Å². The van der Waals surface area contributed by atoms with Gasteiger partial charge in [0.25, 0.3) is 11.8 Å². The highest BCUT2D eigenvalue weighted by molar-refractivity contribution is 6.13. The maximum atomic E-state index is 14.0. The summed E-state index contributed by atoms with van der Waals surface area (Å²) in [4.78, 5) is 130. The number of carbonyl (C=O) groups is 9. The molecule has 0 spiro atoms. The normalized spacial score (nSPS) is 15.8. The van der Waals surface area contributed by atoms with Crippen molar-refractivity contribution >= 4 is 82.4 Å². The molecule has 1 aliphatic carbocycles. The number of hydrogen-bond acceptors (Lipinski definition) is 13. The van der Waals surface area contributed by atoms with Gasteiger partial charge in [-0.3, -0.25) is 43.4 Å². The molecule has 2 aromatic carbocycles. The third kappa shape index (κ3) is 15.7. The van der Waals surface area contributed by atoms with Gasteiger partial charge in [-0.1, -0.05) is 58.4 Å². The number of ether oxygens (including phenoxy) is 1. The van der Waals surface area contributed by atoms with Crippen LogP contribution in [0, 0.1) is 5.92 Å². The van der Waals surface area contributed by atoms with E-state index in [0.717, 1.165) is 40.1 Å². The standard InChI is InChI=1S/C58H74N12O10/c1-5-25-68(26-6-2)54(76)39-29-38-15-16-41(32-46(38)65-47(59)31-39)58(22-23-58)55(77)64-43-30-40-34-69(28-21-44(40)62-33-43)57(79)80-35-37-13-17-42(18-14-37)63-52(74)45(11-10-24-61-56(60)78)66-53(75)51(36(3)4)67-48(71)12-8-7-9-27-70-49(72)19-20-50(70)73/h13-20,29-30,32-33,36,45,51H,5-12,21-28,31,34-35H2,1-4H3,(H2,59,65)(H,63,74)(H,64,77)(H,66,75)(H,67,71)(H3,60,61,78)/t45-,51-/m0/s1. The Labute approximate surface area is 465 Å². The molecule has 0 saturated heterocycles. The zero-order chi connectivity index (χ0) is 57.5. The molecule has 1 saturated carbocycles. The lowest BCUT2D eigenvalue weighted by Gasteiger charge is -2.28. The maximum absolute atomic E-state index is 14.0. The Bertz CT molecular complexity index is 2910. The van der Waals surface area contributed by atoms with Crippen LogP contribution in [-0.4, -0.2) is 124 Å². The molecule has 2 atom stereocenters. The molecule has 10 amide bonds. The number of hydrogen-bond donors (Lipinski definition) is 7. The van der Waals surface area contributed by atoms with E-state index in [1.165, 1.54) is 12.2 Å². The van der Waals surface area contributed by atoms with Crippen LogP contribution in [0.5, 0.6) is 0 Å². The van der Waals surface area contributed by atoms with Gasteiger partial charge < -0.3 is 52.6 Å². The lowest BCUT2D eigenvalue weighted by molar-refractivity contribution is -0.137. The van der Waals surface area contributed by atoms with Crippen LogP contribution in [-0.2, 0) is 63.3 Å². The minimum atomic E-state index is -1.06. The molecule has 4 aliphatic rings. The van der Waals surface area contributed by atoms with Crippen molar-refractivity contribution in [1.29, 1.82) is 0 Å². The summed E-state index contributed by atoms with van der Waals surface area (Å²) in [5.41, 5.74) is 16.7. The van der Waals surface area contributed by atoms with Crippen molar-refractivity contribution in [2.24, 2.45) is 22.4 Å². The molecule has 1 fully saturated rings. The van der Waals surface area contributed by atoms with Gasteiger partial charge in [0, 0.05) is 86.7 Å². The van der Waals surface area contributed by atoms with Crippen molar-refractivity contribution in [2.75, 3.05) is 43.4 Å². The smallest absolute Gasteiger partial charge is 0.410 e. The number of imide groups is 1. The predicted molar refractivity (Wildman–Crippen MR) is 300 cm³/mol. The van der Waals surface area contributed by atoms with Crippen LogP contribution in [0.2, 0.25) is 0 Å². The first kappa shape index (κ1) is 59.2. The van der Waals surface area contributed by atoms with E-state index in [9.17, 15) is 43.2 Å². The van der Waals surface area contributed by atoms with Crippen LogP contribution in [0.3, 0.4) is 0 Å². The molecule has 3 aliphatic heterocycles. The average Bonchev–Trinajstić information content (AvgIpc) is 4.21. The van der Waals surface area contributed by atoms with Gasteiger partial charge in [0.2, 0.25) is 29.5 Å².